The van der Waals surface area contributed by atoms with Gasteiger partial charge in [0, 0.05) is 19.0 Å². The Labute approximate surface area is 105 Å². The average Bonchev–Trinajstić information content (AvgIpc) is 3.06. The second kappa shape index (κ2) is 6.89. The van der Waals surface area contributed by atoms with Crippen molar-refractivity contribution in [3.8, 4) is 0 Å². The predicted octanol–water partition coefficient (Wildman–Crippen LogP) is 1.33. The van der Waals surface area contributed by atoms with Gasteiger partial charge in [-0.25, -0.2) is 0 Å². The molecule has 0 aromatic carbocycles. The summed E-state index contributed by atoms with van der Waals surface area (Å²) in [5.74, 6) is 0.104. The fourth-order valence-corrected chi connectivity index (χ4v) is 1.45. The quantitative estimate of drug-likeness (QED) is 0.549. The van der Waals surface area contributed by atoms with Crippen molar-refractivity contribution >= 4 is 27.7 Å². The van der Waals surface area contributed by atoms with Gasteiger partial charge in [-0.15, -0.1) is 0 Å². The van der Waals surface area contributed by atoms with Crippen molar-refractivity contribution in [3.63, 3.8) is 0 Å². The monoisotopic (exact) mass is 290 g/mol. The van der Waals surface area contributed by atoms with Crippen molar-refractivity contribution in [1.82, 2.24) is 10.6 Å². The standard InChI is InChI=1S/C11H19BrN2O2/c1-2-9(12)11(16)13-7-3-4-10(15)14-8-5-6-8/h8-9H,2-7H2,1H3,(H,13,16)(H,14,15). The molecule has 1 unspecified atom stereocenters. The molecule has 0 saturated heterocycles. The van der Waals surface area contributed by atoms with Gasteiger partial charge in [0.1, 0.15) is 0 Å². The van der Waals surface area contributed by atoms with Crippen molar-refractivity contribution in [2.24, 2.45) is 0 Å². The number of alkyl halides is 1. The highest BCUT2D eigenvalue weighted by Crippen LogP contribution is 2.18. The molecule has 1 aliphatic rings. The van der Waals surface area contributed by atoms with Crippen LogP contribution in [0.5, 0.6) is 0 Å². The van der Waals surface area contributed by atoms with E-state index in [1.807, 2.05) is 6.92 Å². The highest BCUT2D eigenvalue weighted by molar-refractivity contribution is 9.10. The van der Waals surface area contributed by atoms with Gasteiger partial charge in [-0.1, -0.05) is 22.9 Å². The molecule has 92 valence electrons. The van der Waals surface area contributed by atoms with E-state index >= 15 is 0 Å². The molecule has 0 radical (unpaired) electrons. The molecule has 1 fully saturated rings. The summed E-state index contributed by atoms with van der Waals surface area (Å²) in [6, 6.07) is 0.425. The van der Waals surface area contributed by atoms with E-state index < -0.39 is 0 Å². The van der Waals surface area contributed by atoms with Crippen LogP contribution in [0.4, 0.5) is 0 Å². The van der Waals surface area contributed by atoms with Crippen LogP contribution in [0.3, 0.4) is 0 Å². The molecule has 2 N–H and O–H groups in total. The SMILES string of the molecule is CCC(Br)C(=O)NCCCC(=O)NC1CC1. The Morgan fingerprint density at radius 3 is 2.69 bits per heavy atom. The largest absolute Gasteiger partial charge is 0.355 e. The van der Waals surface area contributed by atoms with Crippen LogP contribution in [0, 0.1) is 0 Å². The molecule has 1 saturated carbocycles. The maximum absolute atomic E-state index is 11.3. The lowest BCUT2D eigenvalue weighted by atomic mass is 10.2. The Balaban J connectivity index is 1.97. The number of halogens is 1. The summed E-state index contributed by atoms with van der Waals surface area (Å²) in [6.45, 7) is 2.51. The van der Waals surface area contributed by atoms with Crippen LogP contribution < -0.4 is 10.6 Å². The number of carbonyl (C=O) groups is 2. The van der Waals surface area contributed by atoms with Crippen LogP contribution in [0.1, 0.15) is 39.0 Å². The third-order valence-electron chi connectivity index (χ3n) is 2.47. The lowest BCUT2D eigenvalue weighted by molar-refractivity contribution is -0.122. The Morgan fingerprint density at radius 1 is 1.44 bits per heavy atom. The molecule has 2 amide bonds. The van der Waals surface area contributed by atoms with Crippen molar-refractivity contribution in [3.05, 3.63) is 0 Å². The first-order chi connectivity index (χ1) is 7.63. The topological polar surface area (TPSA) is 58.2 Å². The van der Waals surface area contributed by atoms with Crippen molar-refractivity contribution in [2.45, 2.75) is 49.9 Å². The molecule has 0 bridgehead atoms. The summed E-state index contributed by atoms with van der Waals surface area (Å²) in [5, 5.41) is 5.71. The van der Waals surface area contributed by atoms with Crippen molar-refractivity contribution < 1.29 is 9.59 Å². The minimum Gasteiger partial charge on any atom is -0.355 e. The highest BCUT2D eigenvalue weighted by atomic mass is 79.9. The van der Waals surface area contributed by atoms with E-state index in [2.05, 4.69) is 26.6 Å². The summed E-state index contributed by atoms with van der Waals surface area (Å²) in [7, 11) is 0. The minimum absolute atomic E-state index is 0.00472. The minimum atomic E-state index is -0.118. The molecule has 5 heteroatoms. The number of hydrogen-bond donors (Lipinski definition) is 2. The molecule has 1 aliphatic carbocycles. The first kappa shape index (κ1) is 13.5. The molecule has 1 atom stereocenters. The van der Waals surface area contributed by atoms with Crippen LogP contribution in [-0.4, -0.2) is 29.2 Å². The summed E-state index contributed by atoms with van der Waals surface area (Å²) in [4.78, 5) is 22.5. The molecule has 0 aromatic rings. The van der Waals surface area contributed by atoms with Gasteiger partial charge in [-0.05, 0) is 25.7 Å². The van der Waals surface area contributed by atoms with Gasteiger partial charge in [0.05, 0.1) is 4.83 Å². The summed E-state index contributed by atoms with van der Waals surface area (Å²) < 4.78 is 0. The van der Waals surface area contributed by atoms with Crippen LogP contribution in [0.25, 0.3) is 0 Å². The third-order valence-corrected chi connectivity index (χ3v) is 3.53. The molecule has 16 heavy (non-hydrogen) atoms. The lowest BCUT2D eigenvalue weighted by Gasteiger charge is -2.08. The highest BCUT2D eigenvalue weighted by Gasteiger charge is 2.22. The smallest absolute Gasteiger partial charge is 0.233 e. The fraction of sp³-hybridized carbons (Fsp3) is 0.818. The Hall–Kier alpha value is -0.580. The molecule has 0 heterocycles. The van der Waals surface area contributed by atoms with Crippen LogP contribution in [-0.2, 0) is 9.59 Å². The predicted molar refractivity (Wildman–Crippen MR) is 66.4 cm³/mol. The lowest BCUT2D eigenvalue weighted by Crippen LogP contribution is -2.32. The van der Waals surface area contributed by atoms with Crippen LogP contribution >= 0.6 is 15.9 Å². The molecular formula is C11H19BrN2O2. The van der Waals surface area contributed by atoms with E-state index in [0.29, 0.717) is 25.4 Å². The Morgan fingerprint density at radius 2 is 2.12 bits per heavy atom. The molecule has 1 rings (SSSR count). The fourth-order valence-electron chi connectivity index (χ4n) is 1.28. The normalized spacial score (nSPS) is 16.6. The van der Waals surface area contributed by atoms with Gasteiger partial charge in [0.25, 0.3) is 0 Å². The van der Waals surface area contributed by atoms with Gasteiger partial charge >= 0.3 is 0 Å². The van der Waals surface area contributed by atoms with E-state index in [1.54, 1.807) is 0 Å². The van der Waals surface area contributed by atoms with E-state index in [-0.39, 0.29) is 16.6 Å². The molecule has 0 aromatic heterocycles. The summed E-state index contributed by atoms with van der Waals surface area (Å²) in [5.41, 5.74) is 0. The Kier molecular flexibility index (Phi) is 5.80. The number of nitrogens with one attached hydrogen (secondary N) is 2. The van der Waals surface area contributed by atoms with Gasteiger partial charge in [-0.2, -0.15) is 0 Å². The number of hydrogen-bond acceptors (Lipinski definition) is 2. The second-order valence-electron chi connectivity index (χ2n) is 4.11. The second-order valence-corrected chi connectivity index (χ2v) is 5.22. The maximum Gasteiger partial charge on any atom is 0.233 e. The Bertz CT molecular complexity index is 254. The third kappa shape index (κ3) is 5.49. The summed E-state index contributed by atoms with van der Waals surface area (Å²) >= 11 is 3.27. The number of rotatable bonds is 7. The zero-order valence-corrected chi connectivity index (χ0v) is 11.2. The number of amides is 2. The summed E-state index contributed by atoms with van der Waals surface area (Å²) in [6.07, 6.45) is 4.20. The van der Waals surface area contributed by atoms with Gasteiger partial charge in [0.15, 0.2) is 0 Å². The van der Waals surface area contributed by atoms with E-state index in [0.717, 1.165) is 19.3 Å². The number of carbonyl (C=O) groups excluding carboxylic acids is 2. The van der Waals surface area contributed by atoms with E-state index in [9.17, 15) is 9.59 Å². The zero-order valence-electron chi connectivity index (χ0n) is 9.59. The molecule has 4 nitrogen and oxygen atoms in total. The first-order valence-electron chi connectivity index (χ1n) is 5.84. The molecule has 0 spiro atoms. The van der Waals surface area contributed by atoms with Crippen molar-refractivity contribution in [2.75, 3.05) is 6.54 Å². The van der Waals surface area contributed by atoms with Crippen LogP contribution in [0.15, 0.2) is 0 Å². The van der Waals surface area contributed by atoms with E-state index in [4.69, 9.17) is 0 Å². The van der Waals surface area contributed by atoms with E-state index in [1.165, 1.54) is 0 Å². The molecular weight excluding hydrogens is 272 g/mol. The van der Waals surface area contributed by atoms with Gasteiger partial charge in [0.2, 0.25) is 11.8 Å². The zero-order chi connectivity index (χ0) is 12.0. The van der Waals surface area contributed by atoms with Crippen LogP contribution in [0.2, 0.25) is 0 Å². The van der Waals surface area contributed by atoms with Gasteiger partial charge in [-0.3, -0.25) is 9.59 Å². The average molecular weight is 291 g/mol. The van der Waals surface area contributed by atoms with Crippen molar-refractivity contribution in [1.29, 1.82) is 0 Å². The maximum atomic E-state index is 11.3. The molecule has 0 aliphatic heterocycles. The van der Waals surface area contributed by atoms with Gasteiger partial charge < -0.3 is 10.6 Å². The first-order valence-corrected chi connectivity index (χ1v) is 6.76.